The van der Waals surface area contributed by atoms with Crippen molar-refractivity contribution in [1.82, 2.24) is 0 Å². The maximum atomic E-state index is 11.7. The molecule has 0 aromatic rings. The van der Waals surface area contributed by atoms with Gasteiger partial charge in [0, 0.05) is 12.3 Å². The number of quaternary nitrogens is 1. The van der Waals surface area contributed by atoms with Gasteiger partial charge in [-0.1, -0.05) is 22.6 Å². The monoisotopic (exact) mass is 338 g/mol. The number of rotatable bonds is 3. The van der Waals surface area contributed by atoms with E-state index in [1.54, 1.807) is 0 Å². The van der Waals surface area contributed by atoms with Gasteiger partial charge in [-0.05, 0) is 27.2 Å². The zero-order valence-corrected chi connectivity index (χ0v) is 12.4. The summed E-state index contributed by atoms with van der Waals surface area (Å²) in [6, 6.07) is 0.678. The molecule has 4 atom stereocenters. The van der Waals surface area contributed by atoms with Gasteiger partial charge in [-0.3, -0.25) is 4.79 Å². The van der Waals surface area contributed by atoms with Crippen molar-refractivity contribution in [3.8, 4) is 0 Å². The zero-order chi connectivity index (χ0) is 11.9. The van der Waals surface area contributed by atoms with Crippen molar-refractivity contribution in [2.75, 3.05) is 6.54 Å². The third-order valence-corrected chi connectivity index (χ3v) is 4.57. The van der Waals surface area contributed by atoms with E-state index in [4.69, 9.17) is 4.74 Å². The second-order valence-corrected chi connectivity index (χ2v) is 7.59. The fraction of sp³-hybridized carbons (Fsp3) is 0.917. The molecular weight excluding hydrogens is 317 g/mol. The molecule has 2 N–H and O–H groups in total. The number of esters is 1. The Morgan fingerprint density at radius 3 is 2.62 bits per heavy atom. The Morgan fingerprint density at radius 2 is 2.19 bits per heavy atom. The fourth-order valence-corrected chi connectivity index (χ4v) is 3.34. The Morgan fingerprint density at radius 1 is 1.50 bits per heavy atom. The lowest BCUT2D eigenvalue weighted by Gasteiger charge is -2.35. The summed E-state index contributed by atoms with van der Waals surface area (Å²) in [5, 5.41) is 2.43. The lowest BCUT2D eigenvalue weighted by atomic mass is 9.84. The molecule has 0 aromatic heterocycles. The topological polar surface area (TPSA) is 42.9 Å². The van der Waals surface area contributed by atoms with Crippen LogP contribution in [0.1, 0.15) is 33.6 Å². The standard InChI is InChI=1S/C12H20INO2/c1-7(13)11(15)16-12(2,3)9-4-8-5-10(9)14-6-8/h7-10,14H,4-6H2,1-3H3/p+1. The summed E-state index contributed by atoms with van der Waals surface area (Å²) < 4.78 is 5.61. The number of carbonyl (C=O) groups excluding carboxylic acids is 1. The van der Waals surface area contributed by atoms with Gasteiger partial charge in [0.1, 0.15) is 9.53 Å². The first-order valence-corrected chi connectivity index (χ1v) is 7.35. The molecule has 0 spiro atoms. The Bertz CT molecular complexity index is 291. The number of alkyl halides is 1. The van der Waals surface area contributed by atoms with Crippen LogP contribution in [0.4, 0.5) is 0 Å². The molecule has 0 amide bonds. The van der Waals surface area contributed by atoms with E-state index in [2.05, 4.69) is 41.8 Å². The Balaban J connectivity index is 1.99. The summed E-state index contributed by atoms with van der Waals surface area (Å²) in [5.41, 5.74) is -0.299. The van der Waals surface area contributed by atoms with Crippen molar-refractivity contribution in [1.29, 1.82) is 0 Å². The summed E-state index contributed by atoms with van der Waals surface area (Å²) in [5.74, 6) is 1.31. The number of ether oxygens (including phenoxy) is 1. The van der Waals surface area contributed by atoms with Crippen LogP contribution in [0.2, 0.25) is 0 Å². The highest BCUT2D eigenvalue weighted by Gasteiger charge is 2.51. The number of hydrogen-bond donors (Lipinski definition) is 1. The quantitative estimate of drug-likeness (QED) is 0.476. The fourth-order valence-electron chi connectivity index (χ4n) is 3.21. The minimum Gasteiger partial charge on any atom is -0.458 e. The van der Waals surface area contributed by atoms with Crippen LogP contribution in [0.5, 0.6) is 0 Å². The van der Waals surface area contributed by atoms with Crippen molar-refractivity contribution in [2.24, 2.45) is 11.8 Å². The molecule has 4 heteroatoms. The smallest absolute Gasteiger partial charge is 0.319 e. The van der Waals surface area contributed by atoms with Crippen molar-refractivity contribution in [3.63, 3.8) is 0 Å². The predicted octanol–water partition coefficient (Wildman–Crippen LogP) is 1.10. The van der Waals surface area contributed by atoms with E-state index < -0.39 is 0 Å². The number of piperidine rings is 1. The van der Waals surface area contributed by atoms with Gasteiger partial charge in [-0.15, -0.1) is 0 Å². The lowest BCUT2D eigenvalue weighted by molar-refractivity contribution is -0.687. The third kappa shape index (κ3) is 2.37. The molecule has 1 saturated heterocycles. The van der Waals surface area contributed by atoms with Gasteiger partial charge >= 0.3 is 5.97 Å². The molecular formula is C12H21INO2+. The Kier molecular flexibility index (Phi) is 3.50. The largest absolute Gasteiger partial charge is 0.458 e. The normalized spacial score (nSPS) is 35.1. The first kappa shape index (κ1) is 12.6. The molecule has 2 bridgehead atoms. The molecule has 1 saturated carbocycles. The van der Waals surface area contributed by atoms with Gasteiger partial charge in [0.15, 0.2) is 0 Å². The molecule has 0 aromatic carbocycles. The first-order chi connectivity index (χ1) is 7.40. The molecule has 3 nitrogen and oxygen atoms in total. The number of fused-ring (bicyclic) bond motifs is 2. The summed E-state index contributed by atoms with van der Waals surface area (Å²) in [4.78, 5) is 11.7. The minimum absolute atomic E-state index is 0.0561. The van der Waals surface area contributed by atoms with Gasteiger partial charge in [0.2, 0.25) is 0 Å². The highest BCUT2D eigenvalue weighted by molar-refractivity contribution is 14.1. The molecule has 4 unspecified atom stereocenters. The van der Waals surface area contributed by atoms with Crippen molar-refractivity contribution in [3.05, 3.63) is 0 Å². The average Bonchev–Trinajstić information content (AvgIpc) is 2.77. The third-order valence-electron chi connectivity index (χ3n) is 4.06. The zero-order valence-electron chi connectivity index (χ0n) is 10.2. The summed E-state index contributed by atoms with van der Waals surface area (Å²) in [6.07, 6.45) is 2.54. The average molecular weight is 338 g/mol. The lowest BCUT2D eigenvalue weighted by Crippen LogP contribution is -2.90. The molecule has 0 radical (unpaired) electrons. The van der Waals surface area contributed by atoms with E-state index in [0.717, 1.165) is 5.92 Å². The van der Waals surface area contributed by atoms with Crippen LogP contribution < -0.4 is 5.32 Å². The molecule has 2 rings (SSSR count). The number of halogens is 1. The number of carbonyl (C=O) groups is 1. The van der Waals surface area contributed by atoms with E-state index in [1.165, 1.54) is 19.4 Å². The van der Waals surface area contributed by atoms with E-state index in [0.29, 0.717) is 12.0 Å². The van der Waals surface area contributed by atoms with Crippen molar-refractivity contribution < 1.29 is 14.8 Å². The van der Waals surface area contributed by atoms with Gasteiger partial charge in [0.25, 0.3) is 0 Å². The highest BCUT2D eigenvalue weighted by atomic mass is 127. The van der Waals surface area contributed by atoms with Gasteiger partial charge < -0.3 is 10.1 Å². The Labute approximate surface area is 111 Å². The molecule has 16 heavy (non-hydrogen) atoms. The molecule has 1 aliphatic carbocycles. The van der Waals surface area contributed by atoms with Crippen LogP contribution in [-0.4, -0.2) is 28.1 Å². The minimum atomic E-state index is -0.299. The van der Waals surface area contributed by atoms with Gasteiger partial charge in [-0.25, -0.2) is 0 Å². The molecule has 92 valence electrons. The van der Waals surface area contributed by atoms with E-state index >= 15 is 0 Å². The summed E-state index contributed by atoms with van der Waals surface area (Å²) >= 11 is 2.11. The maximum Gasteiger partial charge on any atom is 0.319 e. The Hall–Kier alpha value is 0.160. The SMILES string of the molecule is CC(I)C(=O)OC(C)(C)C1CC2C[NH2+]C1C2. The summed E-state index contributed by atoms with van der Waals surface area (Å²) in [7, 11) is 0. The van der Waals surface area contributed by atoms with Crippen LogP contribution in [0.3, 0.4) is 0 Å². The summed E-state index contributed by atoms with van der Waals surface area (Å²) in [6.45, 7) is 7.30. The van der Waals surface area contributed by atoms with E-state index in [1.807, 2.05) is 6.92 Å². The van der Waals surface area contributed by atoms with Gasteiger partial charge in [0.05, 0.1) is 18.5 Å². The second-order valence-electron chi connectivity index (χ2n) is 5.72. The van der Waals surface area contributed by atoms with Gasteiger partial charge in [-0.2, -0.15) is 0 Å². The van der Waals surface area contributed by atoms with Crippen LogP contribution in [-0.2, 0) is 9.53 Å². The second kappa shape index (κ2) is 4.44. The van der Waals surface area contributed by atoms with Crippen LogP contribution in [0.25, 0.3) is 0 Å². The highest BCUT2D eigenvalue weighted by Crippen LogP contribution is 2.40. The molecule has 2 fully saturated rings. The van der Waals surface area contributed by atoms with Crippen molar-refractivity contribution >= 4 is 28.6 Å². The first-order valence-electron chi connectivity index (χ1n) is 6.10. The van der Waals surface area contributed by atoms with Crippen LogP contribution in [0, 0.1) is 11.8 Å². The predicted molar refractivity (Wildman–Crippen MR) is 70.4 cm³/mol. The number of nitrogens with two attached hydrogens (primary N) is 1. The van der Waals surface area contributed by atoms with E-state index in [9.17, 15) is 4.79 Å². The molecule has 1 heterocycles. The number of hydrogen-bond acceptors (Lipinski definition) is 2. The molecule has 1 aliphatic heterocycles. The van der Waals surface area contributed by atoms with Crippen LogP contribution in [0.15, 0.2) is 0 Å². The van der Waals surface area contributed by atoms with Crippen molar-refractivity contribution in [2.45, 2.75) is 49.2 Å². The maximum absolute atomic E-state index is 11.7. The molecule has 2 aliphatic rings. The van der Waals surface area contributed by atoms with Crippen LogP contribution >= 0.6 is 22.6 Å². The van der Waals surface area contributed by atoms with E-state index in [-0.39, 0.29) is 15.5 Å².